The van der Waals surface area contributed by atoms with Gasteiger partial charge in [0, 0.05) is 28.3 Å². The topological polar surface area (TPSA) is 61.4 Å². The van der Waals surface area contributed by atoms with Crippen LogP contribution >= 0.6 is 11.3 Å². The van der Waals surface area contributed by atoms with Crippen molar-refractivity contribution in [3.05, 3.63) is 69.9 Å². The molecule has 1 heterocycles. The molecule has 2 aromatic carbocycles. The highest BCUT2D eigenvalue weighted by molar-refractivity contribution is 7.12. The van der Waals surface area contributed by atoms with Gasteiger partial charge in [0.1, 0.15) is 0 Å². The number of hydrogen-bond acceptors (Lipinski definition) is 3. The Morgan fingerprint density at radius 3 is 2.59 bits per heavy atom. The number of carbonyl (C=O) groups excluding carboxylic acids is 1. The summed E-state index contributed by atoms with van der Waals surface area (Å²) in [7, 11) is 0. The zero-order valence-corrected chi connectivity index (χ0v) is 17.6. The SMILES string of the molecule is CC(O)c1ccc(C2(CNC(=O)NCc3cccc4ccccc34)CCCC2)s1. The maximum atomic E-state index is 12.5. The molecule has 3 N–H and O–H groups in total. The van der Waals surface area contributed by atoms with E-state index in [1.165, 1.54) is 28.5 Å². The standard InChI is InChI=1S/C24H28N2O2S/c1-17(27)21-11-12-22(29-21)24(13-4-5-14-24)16-26-23(28)25-15-19-9-6-8-18-7-2-3-10-20(18)19/h2-3,6-12,17,27H,4-5,13-16H2,1H3,(H2,25,26,28). The lowest BCUT2D eigenvalue weighted by atomic mass is 9.84. The lowest BCUT2D eigenvalue weighted by Gasteiger charge is -2.28. The summed E-state index contributed by atoms with van der Waals surface area (Å²) in [5, 5.41) is 18.4. The number of thiophene rings is 1. The van der Waals surface area contributed by atoms with Crippen LogP contribution in [0.2, 0.25) is 0 Å². The molecule has 4 rings (SSSR count). The highest BCUT2D eigenvalue weighted by Crippen LogP contribution is 2.44. The average molecular weight is 409 g/mol. The maximum absolute atomic E-state index is 12.5. The molecular weight excluding hydrogens is 380 g/mol. The summed E-state index contributed by atoms with van der Waals surface area (Å²) in [4.78, 5) is 14.8. The van der Waals surface area contributed by atoms with E-state index in [9.17, 15) is 9.90 Å². The number of aliphatic hydroxyl groups is 1. The fourth-order valence-electron chi connectivity index (χ4n) is 4.36. The lowest BCUT2D eigenvalue weighted by molar-refractivity contribution is 0.203. The Labute approximate surface area is 176 Å². The zero-order valence-electron chi connectivity index (χ0n) is 16.8. The van der Waals surface area contributed by atoms with Crippen molar-refractivity contribution in [3.63, 3.8) is 0 Å². The van der Waals surface area contributed by atoms with E-state index in [1.807, 2.05) is 24.3 Å². The van der Waals surface area contributed by atoms with Crippen LogP contribution in [0.5, 0.6) is 0 Å². The van der Waals surface area contributed by atoms with Crippen molar-refractivity contribution in [2.24, 2.45) is 0 Å². The third-order valence-electron chi connectivity index (χ3n) is 6.03. The maximum Gasteiger partial charge on any atom is 0.315 e. The van der Waals surface area contributed by atoms with Crippen LogP contribution in [0.25, 0.3) is 10.8 Å². The highest BCUT2D eigenvalue weighted by Gasteiger charge is 2.37. The molecule has 0 spiro atoms. The van der Waals surface area contributed by atoms with Crippen LogP contribution in [0.4, 0.5) is 4.79 Å². The Kier molecular flexibility index (Phi) is 5.88. The van der Waals surface area contributed by atoms with Gasteiger partial charge in [-0.15, -0.1) is 11.3 Å². The van der Waals surface area contributed by atoms with Gasteiger partial charge in [-0.05, 0) is 48.2 Å². The molecule has 0 saturated heterocycles. The summed E-state index contributed by atoms with van der Waals surface area (Å²) in [6.45, 7) is 2.94. The van der Waals surface area contributed by atoms with Crippen molar-refractivity contribution >= 4 is 28.1 Å². The number of hydrogen-bond donors (Lipinski definition) is 3. The molecule has 5 heteroatoms. The molecule has 1 aromatic heterocycles. The van der Waals surface area contributed by atoms with Gasteiger partial charge in [0.25, 0.3) is 0 Å². The van der Waals surface area contributed by atoms with E-state index in [-0.39, 0.29) is 11.4 Å². The van der Waals surface area contributed by atoms with E-state index in [0.717, 1.165) is 23.3 Å². The molecule has 1 unspecified atom stereocenters. The summed E-state index contributed by atoms with van der Waals surface area (Å²) < 4.78 is 0. The molecule has 29 heavy (non-hydrogen) atoms. The first-order valence-electron chi connectivity index (χ1n) is 10.3. The fourth-order valence-corrected chi connectivity index (χ4v) is 5.55. The zero-order chi connectivity index (χ0) is 20.3. The van der Waals surface area contributed by atoms with Crippen LogP contribution in [-0.4, -0.2) is 17.7 Å². The molecule has 1 saturated carbocycles. The Morgan fingerprint density at radius 1 is 1.07 bits per heavy atom. The molecule has 0 bridgehead atoms. The summed E-state index contributed by atoms with van der Waals surface area (Å²) in [5.74, 6) is 0. The number of rotatable bonds is 6. The molecule has 152 valence electrons. The Hall–Kier alpha value is -2.37. The summed E-state index contributed by atoms with van der Waals surface area (Å²) in [6, 6.07) is 18.4. The number of fused-ring (bicyclic) bond motifs is 1. The number of amides is 2. The fraction of sp³-hybridized carbons (Fsp3) is 0.375. The molecule has 2 amide bonds. The van der Waals surface area contributed by atoms with E-state index in [4.69, 9.17) is 0 Å². The minimum atomic E-state index is -0.441. The van der Waals surface area contributed by atoms with Crippen molar-refractivity contribution in [3.8, 4) is 0 Å². The molecule has 1 aliphatic carbocycles. The number of benzene rings is 2. The molecule has 0 aliphatic heterocycles. The second-order valence-corrected chi connectivity index (χ2v) is 9.16. The van der Waals surface area contributed by atoms with Crippen molar-refractivity contribution in [2.75, 3.05) is 6.54 Å². The summed E-state index contributed by atoms with van der Waals surface area (Å²) >= 11 is 1.68. The second kappa shape index (κ2) is 8.56. The minimum absolute atomic E-state index is 0.00537. The first-order chi connectivity index (χ1) is 14.1. The van der Waals surface area contributed by atoms with Crippen molar-refractivity contribution in [1.82, 2.24) is 10.6 Å². The number of nitrogens with one attached hydrogen (secondary N) is 2. The largest absolute Gasteiger partial charge is 0.388 e. The molecule has 4 nitrogen and oxygen atoms in total. The second-order valence-electron chi connectivity index (χ2n) is 8.04. The van der Waals surface area contributed by atoms with Crippen molar-refractivity contribution in [1.29, 1.82) is 0 Å². The van der Waals surface area contributed by atoms with Gasteiger partial charge in [0.15, 0.2) is 0 Å². The molecule has 0 radical (unpaired) electrons. The van der Waals surface area contributed by atoms with Gasteiger partial charge in [0.05, 0.1) is 6.10 Å². The van der Waals surface area contributed by atoms with Gasteiger partial charge >= 0.3 is 6.03 Å². The monoisotopic (exact) mass is 408 g/mol. The highest BCUT2D eigenvalue weighted by atomic mass is 32.1. The summed E-state index contributed by atoms with van der Waals surface area (Å²) in [6.07, 6.45) is 4.08. The van der Waals surface area contributed by atoms with E-state index < -0.39 is 6.10 Å². The van der Waals surface area contributed by atoms with Crippen LogP contribution in [0.1, 0.15) is 54.0 Å². The normalized spacial score (nSPS) is 16.6. The molecule has 1 fully saturated rings. The smallest absolute Gasteiger partial charge is 0.315 e. The van der Waals surface area contributed by atoms with Gasteiger partial charge in [-0.3, -0.25) is 0 Å². The van der Waals surface area contributed by atoms with Crippen LogP contribution in [0, 0.1) is 0 Å². The van der Waals surface area contributed by atoms with E-state index in [0.29, 0.717) is 13.1 Å². The van der Waals surface area contributed by atoms with E-state index in [2.05, 4.69) is 41.0 Å². The molecular formula is C24H28N2O2S. The predicted octanol–water partition coefficient (Wildman–Crippen LogP) is 5.27. The first-order valence-corrected chi connectivity index (χ1v) is 11.2. The first kappa shape index (κ1) is 19.9. The average Bonchev–Trinajstić information content (AvgIpc) is 3.41. The van der Waals surface area contributed by atoms with Gasteiger partial charge in [0.2, 0.25) is 0 Å². The Morgan fingerprint density at radius 2 is 1.83 bits per heavy atom. The van der Waals surface area contributed by atoms with Crippen molar-refractivity contribution in [2.45, 2.75) is 50.7 Å². The molecule has 1 atom stereocenters. The quantitative estimate of drug-likeness (QED) is 0.521. The molecule has 3 aromatic rings. The van der Waals surface area contributed by atoms with Crippen LogP contribution < -0.4 is 10.6 Å². The molecule has 1 aliphatic rings. The third-order valence-corrected chi connectivity index (χ3v) is 7.53. The van der Waals surface area contributed by atoms with Crippen LogP contribution in [0.3, 0.4) is 0 Å². The minimum Gasteiger partial charge on any atom is -0.388 e. The third kappa shape index (κ3) is 4.31. The van der Waals surface area contributed by atoms with Crippen LogP contribution in [0.15, 0.2) is 54.6 Å². The van der Waals surface area contributed by atoms with Crippen LogP contribution in [-0.2, 0) is 12.0 Å². The number of urea groups is 1. The Bertz CT molecular complexity index is 984. The van der Waals surface area contributed by atoms with Gasteiger partial charge in [-0.25, -0.2) is 4.79 Å². The van der Waals surface area contributed by atoms with E-state index in [1.54, 1.807) is 18.3 Å². The van der Waals surface area contributed by atoms with Gasteiger partial charge in [-0.2, -0.15) is 0 Å². The summed E-state index contributed by atoms with van der Waals surface area (Å²) in [5.41, 5.74) is 1.11. The number of carbonyl (C=O) groups is 1. The predicted molar refractivity (Wildman–Crippen MR) is 119 cm³/mol. The Balaban J connectivity index is 1.39. The van der Waals surface area contributed by atoms with Gasteiger partial charge in [-0.1, -0.05) is 55.3 Å². The van der Waals surface area contributed by atoms with E-state index >= 15 is 0 Å². The van der Waals surface area contributed by atoms with Gasteiger partial charge < -0.3 is 15.7 Å². The number of aliphatic hydroxyl groups excluding tert-OH is 1. The lowest BCUT2D eigenvalue weighted by Crippen LogP contribution is -2.43. The van der Waals surface area contributed by atoms with Crippen molar-refractivity contribution < 1.29 is 9.90 Å².